The van der Waals surface area contributed by atoms with Crippen LogP contribution in [0.2, 0.25) is 10.2 Å². The number of nitrogens with one attached hydrogen (secondary N) is 4. The van der Waals surface area contributed by atoms with Crippen LogP contribution in [0.5, 0.6) is 0 Å². The van der Waals surface area contributed by atoms with Gasteiger partial charge in [0.2, 0.25) is 15.9 Å². The van der Waals surface area contributed by atoms with Gasteiger partial charge in [-0.15, -0.1) is 0 Å². The van der Waals surface area contributed by atoms with E-state index in [1.165, 1.54) is 7.11 Å². The number of sulfonamides is 1. The van der Waals surface area contributed by atoms with Crippen molar-refractivity contribution >= 4 is 50.9 Å². The fourth-order valence-corrected chi connectivity index (χ4v) is 5.26. The predicted octanol–water partition coefficient (Wildman–Crippen LogP) is 5.64. The van der Waals surface area contributed by atoms with E-state index in [2.05, 4.69) is 25.1 Å². The molecule has 0 aliphatic rings. The number of ether oxygens (including phenoxy) is 1. The number of amides is 2. The molecule has 4 aromatic rings. The van der Waals surface area contributed by atoms with Crippen LogP contribution in [0.3, 0.4) is 0 Å². The van der Waals surface area contributed by atoms with E-state index in [-0.39, 0.29) is 18.9 Å². The number of nitrogens with zero attached hydrogens (tertiary/aromatic N) is 1. The topological polar surface area (TPSA) is 142 Å². The Kier molecular flexibility index (Phi) is 10.8. The Hall–Kier alpha value is -3.90. The SMILES string of the molecule is COC(=O)Nc1ccc(-c2nc([C@H](Cc3ccccc3)NC(=O)CCc3cc(Cl)ccc3CNS(C)(=O)=O)[nH]c2Cl)cc1. The molecule has 13 heteroatoms. The number of aromatic nitrogens is 2. The number of methoxy groups -OCH3 is 1. The Morgan fingerprint density at radius 2 is 1.72 bits per heavy atom. The Balaban J connectivity index is 1.52. The normalized spacial score (nSPS) is 12.0. The monoisotopic (exact) mass is 643 g/mol. The van der Waals surface area contributed by atoms with Crippen LogP contribution in [-0.2, 0) is 38.9 Å². The second-order valence-electron chi connectivity index (χ2n) is 9.79. The molecule has 0 unspecified atom stereocenters. The number of aromatic amines is 1. The van der Waals surface area contributed by atoms with Crippen molar-refractivity contribution < 1.29 is 22.7 Å². The summed E-state index contributed by atoms with van der Waals surface area (Å²) in [5.74, 6) is 0.255. The summed E-state index contributed by atoms with van der Waals surface area (Å²) in [6.07, 6.45) is 1.45. The molecule has 0 fully saturated rings. The fraction of sp³-hybridized carbons (Fsp3) is 0.233. The van der Waals surface area contributed by atoms with Crippen LogP contribution in [-0.4, -0.2) is 43.8 Å². The van der Waals surface area contributed by atoms with Crippen molar-refractivity contribution in [2.45, 2.75) is 31.8 Å². The van der Waals surface area contributed by atoms with Gasteiger partial charge in [0.05, 0.1) is 19.4 Å². The molecular formula is C30H31Cl2N5O5S. The molecule has 1 aromatic heterocycles. The molecule has 1 heterocycles. The number of aryl methyl sites for hydroxylation is 1. The molecule has 2 amide bonds. The lowest BCUT2D eigenvalue weighted by Crippen LogP contribution is -2.31. The van der Waals surface area contributed by atoms with E-state index in [1.54, 1.807) is 42.5 Å². The van der Waals surface area contributed by atoms with Crippen molar-refractivity contribution in [1.82, 2.24) is 20.0 Å². The third-order valence-electron chi connectivity index (χ3n) is 6.53. The zero-order valence-corrected chi connectivity index (χ0v) is 25.8. The summed E-state index contributed by atoms with van der Waals surface area (Å²) in [4.78, 5) is 32.6. The van der Waals surface area contributed by atoms with Gasteiger partial charge >= 0.3 is 6.09 Å². The number of anilines is 1. The summed E-state index contributed by atoms with van der Waals surface area (Å²) in [6, 6.07) is 21.3. The second-order valence-corrected chi connectivity index (χ2v) is 12.4. The van der Waals surface area contributed by atoms with Crippen LogP contribution < -0.4 is 15.4 Å². The van der Waals surface area contributed by atoms with Crippen molar-refractivity contribution in [2.24, 2.45) is 0 Å². The first-order chi connectivity index (χ1) is 20.5. The summed E-state index contributed by atoms with van der Waals surface area (Å²) in [7, 11) is -2.11. The smallest absolute Gasteiger partial charge is 0.411 e. The van der Waals surface area contributed by atoms with Gasteiger partial charge in [-0.3, -0.25) is 10.1 Å². The number of hydrogen-bond donors (Lipinski definition) is 4. The number of halogens is 2. The first-order valence-corrected chi connectivity index (χ1v) is 15.9. The molecule has 0 bridgehead atoms. The highest BCUT2D eigenvalue weighted by Crippen LogP contribution is 2.29. The number of rotatable bonds is 12. The highest BCUT2D eigenvalue weighted by molar-refractivity contribution is 7.88. The van der Waals surface area contributed by atoms with Gasteiger partial charge in [-0.1, -0.05) is 71.7 Å². The zero-order valence-electron chi connectivity index (χ0n) is 23.5. The van der Waals surface area contributed by atoms with Crippen LogP contribution in [0, 0.1) is 0 Å². The number of imidazole rings is 1. The maximum Gasteiger partial charge on any atom is 0.411 e. The molecule has 0 spiro atoms. The summed E-state index contributed by atoms with van der Waals surface area (Å²) in [5, 5.41) is 6.46. The Bertz CT molecular complexity index is 1680. The third-order valence-corrected chi connectivity index (χ3v) is 7.71. The van der Waals surface area contributed by atoms with Gasteiger partial charge in [0, 0.05) is 29.2 Å². The highest BCUT2D eigenvalue weighted by atomic mass is 35.5. The van der Waals surface area contributed by atoms with Crippen LogP contribution in [0.1, 0.15) is 35.0 Å². The van der Waals surface area contributed by atoms with Crippen LogP contribution in [0.15, 0.2) is 72.8 Å². The molecule has 3 aromatic carbocycles. The first-order valence-electron chi connectivity index (χ1n) is 13.3. The summed E-state index contributed by atoms with van der Waals surface area (Å²) in [5.41, 5.74) is 4.25. The van der Waals surface area contributed by atoms with E-state index < -0.39 is 22.2 Å². The standard InChI is InChI=1S/C30H31Cl2N5O5S/c1-42-30(39)34-24-13-9-20(10-14-24)27-28(32)37-29(36-27)25(16-19-6-4-3-5-7-19)35-26(38)15-11-21-17-23(31)12-8-22(21)18-33-43(2,40)41/h3-10,12-14,17,25,33H,11,15-16,18H2,1-2H3,(H,34,39)(H,35,38)(H,36,37)/t25-/m0/s1. The fourth-order valence-electron chi connectivity index (χ4n) is 4.39. The average molecular weight is 645 g/mol. The van der Waals surface area contributed by atoms with Crippen molar-refractivity contribution in [1.29, 1.82) is 0 Å². The lowest BCUT2D eigenvalue weighted by Gasteiger charge is -2.18. The molecule has 43 heavy (non-hydrogen) atoms. The molecule has 4 N–H and O–H groups in total. The lowest BCUT2D eigenvalue weighted by atomic mass is 10.0. The molecule has 0 radical (unpaired) electrons. The van der Waals surface area contributed by atoms with E-state index in [9.17, 15) is 18.0 Å². The van der Waals surface area contributed by atoms with E-state index in [0.29, 0.717) is 45.8 Å². The minimum atomic E-state index is -3.39. The number of benzene rings is 3. The quantitative estimate of drug-likeness (QED) is 0.157. The number of carbonyl (C=O) groups is 2. The number of H-pyrrole nitrogens is 1. The van der Waals surface area contributed by atoms with Crippen LogP contribution in [0.25, 0.3) is 11.3 Å². The first kappa shape index (κ1) is 32.0. The van der Waals surface area contributed by atoms with Gasteiger partial charge in [0.1, 0.15) is 16.7 Å². The van der Waals surface area contributed by atoms with Crippen molar-refractivity contribution in [2.75, 3.05) is 18.7 Å². The third kappa shape index (κ3) is 9.55. The van der Waals surface area contributed by atoms with Gasteiger partial charge in [0.25, 0.3) is 0 Å². The van der Waals surface area contributed by atoms with Crippen molar-refractivity contribution in [3.63, 3.8) is 0 Å². The van der Waals surface area contributed by atoms with Gasteiger partial charge in [-0.25, -0.2) is 22.9 Å². The Labute approximate surface area is 260 Å². The number of carbonyl (C=O) groups excluding carboxylic acids is 2. The number of hydrogen-bond acceptors (Lipinski definition) is 6. The van der Waals surface area contributed by atoms with Gasteiger partial charge in [-0.05, 0) is 53.8 Å². The van der Waals surface area contributed by atoms with Crippen molar-refractivity contribution in [3.05, 3.63) is 105 Å². The minimum Gasteiger partial charge on any atom is -0.453 e. The molecule has 226 valence electrons. The zero-order chi connectivity index (χ0) is 31.0. The van der Waals surface area contributed by atoms with Gasteiger partial charge < -0.3 is 15.0 Å². The maximum atomic E-state index is 13.2. The van der Waals surface area contributed by atoms with E-state index in [4.69, 9.17) is 28.2 Å². The molecular weight excluding hydrogens is 613 g/mol. The Morgan fingerprint density at radius 1 is 1.00 bits per heavy atom. The summed E-state index contributed by atoms with van der Waals surface area (Å²) in [6.45, 7) is 0.0942. The summed E-state index contributed by atoms with van der Waals surface area (Å²) >= 11 is 12.8. The Morgan fingerprint density at radius 3 is 2.40 bits per heavy atom. The van der Waals surface area contributed by atoms with E-state index in [0.717, 1.165) is 22.9 Å². The summed E-state index contributed by atoms with van der Waals surface area (Å²) < 4.78 is 30.3. The van der Waals surface area contributed by atoms with Crippen LogP contribution in [0.4, 0.5) is 10.5 Å². The highest BCUT2D eigenvalue weighted by Gasteiger charge is 2.22. The van der Waals surface area contributed by atoms with Gasteiger partial charge in [-0.2, -0.15) is 0 Å². The van der Waals surface area contributed by atoms with E-state index >= 15 is 0 Å². The molecule has 0 aliphatic heterocycles. The van der Waals surface area contributed by atoms with E-state index in [1.807, 2.05) is 30.3 Å². The lowest BCUT2D eigenvalue weighted by molar-refractivity contribution is -0.121. The molecule has 0 saturated heterocycles. The largest absolute Gasteiger partial charge is 0.453 e. The maximum absolute atomic E-state index is 13.2. The molecule has 4 rings (SSSR count). The van der Waals surface area contributed by atoms with Gasteiger partial charge in [0.15, 0.2) is 0 Å². The van der Waals surface area contributed by atoms with Crippen molar-refractivity contribution in [3.8, 4) is 11.3 Å². The van der Waals surface area contributed by atoms with Crippen LogP contribution >= 0.6 is 23.2 Å². The molecule has 0 saturated carbocycles. The molecule has 10 nitrogen and oxygen atoms in total. The molecule has 0 aliphatic carbocycles. The minimum absolute atomic E-state index is 0.0942. The average Bonchev–Trinajstić information content (AvgIpc) is 3.37. The molecule has 1 atom stereocenters. The predicted molar refractivity (Wildman–Crippen MR) is 168 cm³/mol. The second kappa shape index (κ2) is 14.5.